The van der Waals surface area contributed by atoms with Gasteiger partial charge >= 0.3 is 269 Å². The Balaban J connectivity index is 1.29. The van der Waals surface area contributed by atoms with Crippen LogP contribution in [0.4, 0.5) is 0 Å². The molecule has 18 heteroatoms. The monoisotopic (exact) mass is 952 g/mol. The van der Waals surface area contributed by atoms with Gasteiger partial charge in [-0.15, -0.1) is 0 Å². The van der Waals surface area contributed by atoms with Crippen molar-refractivity contribution in [2.24, 2.45) is 0 Å². The summed E-state index contributed by atoms with van der Waals surface area (Å²) in [6, 6.07) is 0. The summed E-state index contributed by atoms with van der Waals surface area (Å²) in [4.78, 5) is 56.1. The minimum absolute atomic E-state index is 0.0103. The van der Waals surface area contributed by atoms with Gasteiger partial charge in [-0.05, 0) is 27.7 Å². The van der Waals surface area contributed by atoms with Crippen LogP contribution in [0.1, 0.15) is 72.3 Å². The van der Waals surface area contributed by atoms with Crippen LogP contribution in [0.15, 0.2) is 31.3 Å². The van der Waals surface area contributed by atoms with Crippen LogP contribution in [0, 0.1) is 20.9 Å². The van der Waals surface area contributed by atoms with Gasteiger partial charge in [0.1, 0.15) is 0 Å². The number of aromatic nitrogens is 2. The number of Topliss-reactive ketones (excluding diaryl/α,β-unsaturated/α-hetero) is 4. The van der Waals surface area contributed by atoms with E-state index in [2.05, 4.69) is 50.1 Å². The van der Waals surface area contributed by atoms with Crippen LogP contribution >= 0.6 is 46.2 Å². The van der Waals surface area contributed by atoms with Crippen molar-refractivity contribution in [3.05, 3.63) is 59.4 Å². The first-order chi connectivity index (χ1) is 25.6. The van der Waals surface area contributed by atoms with E-state index in [4.69, 9.17) is 18.9 Å². The van der Waals surface area contributed by atoms with Crippen molar-refractivity contribution < 1.29 is 38.1 Å². The number of nitrogens with zero attached hydrogens (tertiary/aromatic N) is 4. The minimum Gasteiger partial charge on any atom is -0.0637 e. The molecule has 4 rings (SSSR count). The molecule has 0 saturated carbocycles. The van der Waals surface area contributed by atoms with Crippen LogP contribution in [-0.4, -0.2) is 139 Å². The fourth-order valence-electron chi connectivity index (χ4n) is 5.90. The van der Waals surface area contributed by atoms with Gasteiger partial charge in [-0.2, -0.15) is 0 Å². The Hall–Kier alpha value is -1.66. The van der Waals surface area contributed by atoms with Crippen molar-refractivity contribution in [2.75, 3.05) is 65.9 Å². The number of rotatable bonds is 22. The fraction of sp³-hybridized carbons (Fsp3) is 0.556. The van der Waals surface area contributed by atoms with Crippen molar-refractivity contribution in [3.63, 3.8) is 0 Å². The summed E-state index contributed by atoms with van der Waals surface area (Å²) in [5, 5.41) is 1.78. The molecule has 0 radical (unpaired) electrons. The van der Waals surface area contributed by atoms with Gasteiger partial charge in [-0.1, -0.05) is 23.5 Å². The van der Waals surface area contributed by atoms with Crippen LogP contribution in [0.2, 0.25) is 0 Å². The fourth-order valence-corrected chi connectivity index (χ4v) is 12.2. The summed E-state index contributed by atoms with van der Waals surface area (Å²) in [7, 11) is 0. The molecule has 2 aliphatic rings. The van der Waals surface area contributed by atoms with E-state index in [0.717, 1.165) is 49.6 Å². The molecule has 0 spiro atoms. The maximum absolute atomic E-state index is 12.7. The van der Waals surface area contributed by atoms with Crippen LogP contribution in [0.3, 0.4) is 0 Å². The third-order valence-corrected chi connectivity index (χ3v) is 15.9. The van der Waals surface area contributed by atoms with Crippen molar-refractivity contribution in [2.45, 2.75) is 68.5 Å². The molecular weight excluding hydrogens is 903 g/mol. The van der Waals surface area contributed by atoms with Gasteiger partial charge in [0.2, 0.25) is 0 Å². The minimum atomic E-state index is -0.0103. The predicted molar refractivity (Wildman–Crippen MR) is 218 cm³/mol. The number of thiazole rings is 2. The summed E-state index contributed by atoms with van der Waals surface area (Å²) in [6.07, 6.45) is 0. The Bertz CT molecular complexity index is 1840. The number of hydrogen-bond acceptors (Lipinski definition) is 14. The quantitative estimate of drug-likeness (QED) is 0.0847. The zero-order chi connectivity index (χ0) is 39.7. The second-order valence-corrected chi connectivity index (χ2v) is 19.3. The number of carbonyl (C=O) groups is 4. The molecule has 12 nitrogen and oxygen atoms in total. The van der Waals surface area contributed by atoms with Gasteiger partial charge < -0.3 is 0 Å². The zero-order valence-corrected chi connectivity index (χ0v) is 38.7. The standard InChI is InChI=1S/C36H48N4O8S4Se2/c1-21-29(25(5)41)49-33(37(21)9-13-45-17-19-47-15-11-39-23(3)31(27(7)43)51-35(39)53)34-38(22(2)30(50-34)26(6)42)10-14-46-18-20-48-16-12-40-24(4)32(28(8)44)52-36(40)54/h9-20H2,1-8H3/b34-33+. The van der Waals surface area contributed by atoms with Crippen LogP contribution in [0.25, 0.3) is 0 Å². The first-order valence-electron chi connectivity index (χ1n) is 17.5. The number of ether oxygens (including phenoxy) is 4. The first kappa shape index (κ1) is 45.0. The van der Waals surface area contributed by atoms with Crippen molar-refractivity contribution in [3.8, 4) is 0 Å². The van der Waals surface area contributed by atoms with E-state index in [0.29, 0.717) is 88.8 Å². The number of hydrogen-bond donors (Lipinski definition) is 0. The zero-order valence-electron chi connectivity index (χ0n) is 32.0. The summed E-state index contributed by atoms with van der Waals surface area (Å²) < 4.78 is 29.6. The van der Waals surface area contributed by atoms with E-state index < -0.39 is 0 Å². The molecule has 0 aliphatic carbocycles. The Morgan fingerprint density at radius 2 is 0.815 bits per heavy atom. The van der Waals surface area contributed by atoms with Crippen LogP contribution < -0.4 is 0 Å². The molecule has 2 aromatic heterocycles. The Kier molecular flexibility index (Phi) is 17.7. The second-order valence-electron chi connectivity index (χ2n) is 12.5. The number of allylic oxidation sites excluding steroid dienone is 4. The Morgan fingerprint density at radius 1 is 0.500 bits per heavy atom. The molecule has 296 valence electrons. The smallest absolute Gasteiger partial charge is 0.0637 e. The first-order valence-corrected chi connectivity index (χ1v) is 22.4. The molecule has 0 aromatic carbocycles. The van der Waals surface area contributed by atoms with Crippen LogP contribution in [0.5, 0.6) is 0 Å². The van der Waals surface area contributed by atoms with E-state index in [1.165, 1.54) is 46.2 Å². The average Bonchev–Trinajstić information content (AvgIpc) is 3.80. The number of ketones is 4. The molecule has 54 heavy (non-hydrogen) atoms. The number of thioether (sulfide) groups is 2. The normalized spacial score (nSPS) is 16.1. The SMILES string of the molecule is CC(=O)C1=C(C)N(CCOCCOCCn2c(C)c(C(C)=O)sc2=[Se])/C(=C2\SC(C(C)=O)=C(C)N2CCOCCOCCn2c(C)c(C(C)=O)sc2=[Se])S1. The number of carbonyl (C=O) groups excluding carboxylic acids is 4. The maximum atomic E-state index is 12.7. The van der Waals surface area contributed by atoms with Gasteiger partial charge in [0.05, 0.1) is 9.81 Å². The van der Waals surface area contributed by atoms with Gasteiger partial charge in [0, 0.05) is 0 Å². The summed E-state index contributed by atoms with van der Waals surface area (Å²) in [6.45, 7) is 19.9. The molecule has 2 aliphatic heterocycles. The van der Waals surface area contributed by atoms with E-state index in [9.17, 15) is 19.2 Å². The van der Waals surface area contributed by atoms with Gasteiger partial charge in [-0.3, -0.25) is 9.59 Å². The molecular formula is C36H48N4O8S4Se2. The molecule has 0 saturated heterocycles. The van der Waals surface area contributed by atoms with E-state index in [1.54, 1.807) is 27.7 Å². The molecule has 0 amide bonds. The van der Waals surface area contributed by atoms with E-state index in [1.807, 2.05) is 27.7 Å². The summed E-state index contributed by atoms with van der Waals surface area (Å²) in [5.74, 6) is 0.102. The molecule has 0 N–H and O–H groups in total. The van der Waals surface area contributed by atoms with E-state index >= 15 is 0 Å². The molecule has 4 heterocycles. The molecule has 0 atom stereocenters. The topological polar surface area (TPSA) is 122 Å². The second kappa shape index (κ2) is 21.2. The third kappa shape index (κ3) is 11.3. The molecule has 2 aromatic rings. The molecule has 0 unspecified atom stereocenters. The van der Waals surface area contributed by atoms with Crippen LogP contribution in [-0.2, 0) is 41.6 Å². The predicted octanol–water partition coefficient (Wildman–Crippen LogP) is 5.47. The van der Waals surface area contributed by atoms with E-state index in [-0.39, 0.29) is 23.1 Å². The van der Waals surface area contributed by atoms with Crippen molar-refractivity contribution >= 4 is 100 Å². The molecule has 0 fully saturated rings. The van der Waals surface area contributed by atoms with Crippen molar-refractivity contribution in [1.29, 1.82) is 0 Å². The Morgan fingerprint density at radius 3 is 1.09 bits per heavy atom. The Labute approximate surface area is 349 Å². The van der Waals surface area contributed by atoms with Gasteiger partial charge in [0.15, 0.2) is 11.6 Å². The summed E-state index contributed by atoms with van der Waals surface area (Å²) in [5.41, 5.74) is 3.60. The van der Waals surface area contributed by atoms with Gasteiger partial charge in [0.25, 0.3) is 0 Å². The van der Waals surface area contributed by atoms with Gasteiger partial charge in [-0.25, -0.2) is 0 Å². The summed E-state index contributed by atoms with van der Waals surface area (Å²) >= 11 is 11.9. The average molecular weight is 951 g/mol. The largest absolute Gasteiger partial charge is 0.0637 e. The third-order valence-electron chi connectivity index (χ3n) is 8.68. The maximum Gasteiger partial charge on any atom is -0.0637 e. The molecule has 0 bridgehead atoms. The van der Waals surface area contributed by atoms with Crippen molar-refractivity contribution in [1.82, 2.24) is 18.9 Å².